The van der Waals surface area contributed by atoms with Crippen LogP contribution in [0.1, 0.15) is 26.7 Å². The maximum absolute atomic E-state index is 12.7. The number of hydrogen-bond acceptors (Lipinski definition) is 6. The second-order valence-corrected chi connectivity index (χ2v) is 9.96. The quantitative estimate of drug-likeness (QED) is 0.528. The zero-order valence-corrected chi connectivity index (χ0v) is 16.0. The summed E-state index contributed by atoms with van der Waals surface area (Å²) in [6.45, 7) is 4.42. The second-order valence-electron chi connectivity index (χ2n) is 6.07. The van der Waals surface area contributed by atoms with Crippen LogP contribution in [0, 0.1) is 10.1 Å². The minimum absolute atomic E-state index is 0.145. The number of nitrogens with zero attached hydrogens (tertiary/aromatic N) is 2. The van der Waals surface area contributed by atoms with Crippen LogP contribution < -0.4 is 4.90 Å². The van der Waals surface area contributed by atoms with E-state index in [1.807, 2.05) is 13.8 Å². The van der Waals surface area contributed by atoms with Gasteiger partial charge in [0.1, 0.15) is 5.69 Å². The molecule has 1 fully saturated rings. The van der Waals surface area contributed by atoms with Crippen molar-refractivity contribution >= 4 is 32.0 Å². The van der Waals surface area contributed by atoms with Gasteiger partial charge in [0, 0.05) is 35.7 Å². The van der Waals surface area contributed by atoms with E-state index in [1.54, 1.807) is 4.90 Å². The van der Waals surface area contributed by atoms with Gasteiger partial charge in [-0.2, -0.15) is 8.78 Å². The van der Waals surface area contributed by atoms with Crippen molar-refractivity contribution in [2.45, 2.75) is 42.1 Å². The Kier molecular flexibility index (Phi) is 6.01. The molecule has 1 saturated heterocycles. The molecule has 0 amide bonds. The predicted molar refractivity (Wildman–Crippen MR) is 94.8 cm³/mol. The highest BCUT2D eigenvalue weighted by Gasteiger charge is 2.40. The van der Waals surface area contributed by atoms with Crippen molar-refractivity contribution in [1.29, 1.82) is 0 Å². The van der Waals surface area contributed by atoms with Gasteiger partial charge < -0.3 is 4.90 Å². The van der Waals surface area contributed by atoms with Gasteiger partial charge in [-0.15, -0.1) is 0 Å². The number of anilines is 1. The van der Waals surface area contributed by atoms with E-state index in [9.17, 15) is 31.5 Å². The molecule has 0 N–H and O–H groups in total. The number of alkyl halides is 2. The van der Waals surface area contributed by atoms with Crippen molar-refractivity contribution in [2.75, 3.05) is 23.7 Å². The average molecular weight is 410 g/mol. The standard InChI is InChI=1S/C15H20F2N2O5S2/c1-3-15(4-2)10-18(7-8-25(15)22)12-6-5-11(9-13(12)19(20)21)26(23,24)14(16)17/h5-6,9,14H,3-4,7-8,10H2,1-2H3. The lowest BCUT2D eigenvalue weighted by Crippen LogP contribution is -2.53. The molecule has 0 aromatic heterocycles. The molecule has 11 heteroatoms. The molecule has 0 bridgehead atoms. The minimum Gasteiger partial charge on any atom is -0.364 e. The van der Waals surface area contributed by atoms with Gasteiger partial charge >= 0.3 is 5.76 Å². The molecule has 0 saturated carbocycles. The summed E-state index contributed by atoms with van der Waals surface area (Å²) in [5.41, 5.74) is -0.410. The van der Waals surface area contributed by atoms with Crippen LogP contribution in [-0.4, -0.2) is 46.9 Å². The largest absolute Gasteiger partial charge is 0.364 e. The van der Waals surface area contributed by atoms with Crippen molar-refractivity contribution in [3.63, 3.8) is 0 Å². The first-order valence-corrected chi connectivity index (χ1v) is 10.9. The molecule has 0 aliphatic carbocycles. The fourth-order valence-electron chi connectivity index (χ4n) is 3.11. The molecule has 1 atom stereocenters. The van der Waals surface area contributed by atoms with Crippen LogP contribution in [0.3, 0.4) is 0 Å². The Morgan fingerprint density at radius 1 is 1.35 bits per heavy atom. The zero-order chi connectivity index (χ0) is 19.7. The van der Waals surface area contributed by atoms with E-state index in [1.165, 1.54) is 6.07 Å². The molecule has 1 heterocycles. The van der Waals surface area contributed by atoms with Gasteiger partial charge in [-0.25, -0.2) is 8.42 Å². The molecule has 0 spiro atoms. The first kappa shape index (κ1) is 20.7. The molecule has 1 aromatic rings. The predicted octanol–water partition coefficient (Wildman–Crippen LogP) is 2.72. The minimum atomic E-state index is -4.93. The second kappa shape index (κ2) is 7.55. The third kappa shape index (κ3) is 3.59. The van der Waals surface area contributed by atoms with Gasteiger partial charge in [0.2, 0.25) is 9.84 Å². The molecular weight excluding hydrogens is 390 g/mol. The maximum atomic E-state index is 12.7. The van der Waals surface area contributed by atoms with Crippen LogP contribution in [0.15, 0.2) is 23.1 Å². The summed E-state index contributed by atoms with van der Waals surface area (Å²) in [4.78, 5) is 11.5. The number of rotatable bonds is 6. The summed E-state index contributed by atoms with van der Waals surface area (Å²) in [7, 11) is -6.01. The van der Waals surface area contributed by atoms with Crippen molar-refractivity contribution in [3.05, 3.63) is 28.3 Å². The Morgan fingerprint density at radius 2 is 1.96 bits per heavy atom. The number of halogens is 2. The lowest BCUT2D eigenvalue weighted by molar-refractivity contribution is -0.384. The number of sulfone groups is 1. The summed E-state index contributed by atoms with van der Waals surface area (Å²) >= 11 is 0. The van der Waals surface area contributed by atoms with Gasteiger partial charge in [-0.3, -0.25) is 14.3 Å². The average Bonchev–Trinajstić information content (AvgIpc) is 2.61. The van der Waals surface area contributed by atoms with Crippen LogP contribution >= 0.6 is 0 Å². The Balaban J connectivity index is 2.50. The van der Waals surface area contributed by atoms with Crippen molar-refractivity contribution in [1.82, 2.24) is 0 Å². The van der Waals surface area contributed by atoms with E-state index in [-0.39, 0.29) is 5.69 Å². The topological polar surface area (TPSA) is 97.6 Å². The molecule has 0 radical (unpaired) electrons. The molecule has 1 aliphatic heterocycles. The highest BCUT2D eigenvalue weighted by atomic mass is 32.2. The van der Waals surface area contributed by atoms with Crippen molar-refractivity contribution in [2.24, 2.45) is 0 Å². The highest BCUT2D eigenvalue weighted by Crippen LogP contribution is 2.37. The lowest BCUT2D eigenvalue weighted by Gasteiger charge is -2.42. The fourth-order valence-corrected chi connectivity index (χ4v) is 5.61. The van der Waals surface area contributed by atoms with Crippen LogP contribution in [0.25, 0.3) is 0 Å². The number of hydrogen-bond donors (Lipinski definition) is 0. The highest BCUT2D eigenvalue weighted by molar-refractivity contribution is 7.91. The maximum Gasteiger partial charge on any atom is 0.341 e. The first-order valence-electron chi connectivity index (χ1n) is 8.03. The number of nitro groups is 1. The summed E-state index contributed by atoms with van der Waals surface area (Å²) in [6.07, 6.45) is 1.25. The van der Waals surface area contributed by atoms with Crippen molar-refractivity contribution in [3.8, 4) is 0 Å². The van der Waals surface area contributed by atoms with E-state index >= 15 is 0 Å². The molecule has 26 heavy (non-hydrogen) atoms. The Hall–Kier alpha value is -1.62. The van der Waals surface area contributed by atoms with Crippen LogP contribution in [0.5, 0.6) is 0 Å². The lowest BCUT2D eigenvalue weighted by atomic mass is 10.0. The Labute approximate surface area is 152 Å². The number of benzene rings is 1. The summed E-state index contributed by atoms with van der Waals surface area (Å²) in [5.74, 6) is -3.33. The molecule has 1 unspecified atom stereocenters. The van der Waals surface area contributed by atoms with E-state index < -0.39 is 46.6 Å². The van der Waals surface area contributed by atoms with Gasteiger partial charge in [0.25, 0.3) is 5.69 Å². The normalized spacial score (nSPS) is 20.3. The van der Waals surface area contributed by atoms with E-state index in [4.69, 9.17) is 0 Å². The fraction of sp³-hybridized carbons (Fsp3) is 0.600. The van der Waals surface area contributed by atoms with Crippen LogP contribution in [0.4, 0.5) is 20.2 Å². The molecular formula is C15H20F2N2O5S2. The summed E-state index contributed by atoms with van der Waals surface area (Å²) in [6, 6.07) is 2.80. The Morgan fingerprint density at radius 3 is 2.46 bits per heavy atom. The molecule has 7 nitrogen and oxygen atoms in total. The third-order valence-corrected chi connectivity index (χ3v) is 8.45. The molecule has 2 rings (SSSR count). The third-order valence-electron chi connectivity index (χ3n) is 4.84. The molecule has 146 valence electrons. The van der Waals surface area contributed by atoms with E-state index in [2.05, 4.69) is 0 Å². The van der Waals surface area contributed by atoms with Gasteiger partial charge in [0.05, 0.1) is 14.6 Å². The van der Waals surface area contributed by atoms with Gasteiger partial charge in [0.15, 0.2) is 0 Å². The first-order chi connectivity index (χ1) is 12.1. The zero-order valence-electron chi connectivity index (χ0n) is 14.4. The molecule has 1 aromatic carbocycles. The van der Waals surface area contributed by atoms with E-state index in [0.717, 1.165) is 6.07 Å². The summed E-state index contributed by atoms with van der Waals surface area (Å²) < 4.78 is 60.6. The van der Waals surface area contributed by atoms with Crippen LogP contribution in [0.2, 0.25) is 0 Å². The SMILES string of the molecule is CCC1(CC)CN(c2ccc(S(=O)(=O)C(F)F)cc2[N+](=O)[O-])CCS1=O. The van der Waals surface area contributed by atoms with Crippen LogP contribution in [-0.2, 0) is 20.6 Å². The summed E-state index contributed by atoms with van der Waals surface area (Å²) in [5, 5.41) is 11.4. The smallest absolute Gasteiger partial charge is 0.341 e. The Bertz CT molecular complexity index is 825. The van der Waals surface area contributed by atoms with Crippen molar-refractivity contribution < 1.29 is 26.3 Å². The number of nitro benzene ring substituents is 1. The molecule has 1 aliphatic rings. The van der Waals surface area contributed by atoms with E-state index in [0.29, 0.717) is 37.8 Å². The monoisotopic (exact) mass is 410 g/mol. The van der Waals surface area contributed by atoms with Gasteiger partial charge in [-0.05, 0) is 25.0 Å². The van der Waals surface area contributed by atoms with Gasteiger partial charge in [-0.1, -0.05) is 13.8 Å².